The van der Waals surface area contributed by atoms with Crippen molar-refractivity contribution in [1.82, 2.24) is 0 Å². The van der Waals surface area contributed by atoms with Gasteiger partial charge >= 0.3 is 0 Å². The fraction of sp³-hybridized carbons (Fsp3) is 0.312. The van der Waals surface area contributed by atoms with Gasteiger partial charge in [0.1, 0.15) is 5.60 Å². The number of nitrogens with zero attached hydrogens (tertiary/aromatic N) is 3. The fourth-order valence-electron chi connectivity index (χ4n) is 5.49. The number of fused-ring (bicyclic) bond motifs is 1. The lowest BCUT2D eigenvalue weighted by Gasteiger charge is -2.37. The normalized spacial score (nSPS) is 15.4. The van der Waals surface area contributed by atoms with Gasteiger partial charge in [-0.2, -0.15) is 0 Å². The number of hydrogen-bond donors (Lipinski definition) is 0. The molecule has 0 bridgehead atoms. The molecular formula is C32H37N3O2. The highest BCUT2D eigenvalue weighted by atomic mass is 16.5. The number of benzene rings is 4. The van der Waals surface area contributed by atoms with Gasteiger partial charge in [0, 0.05) is 76.4 Å². The van der Waals surface area contributed by atoms with Crippen LogP contribution in [0.4, 0.5) is 17.1 Å². The van der Waals surface area contributed by atoms with Crippen LogP contribution in [-0.4, -0.2) is 61.6 Å². The molecule has 0 saturated carbocycles. The van der Waals surface area contributed by atoms with E-state index in [0.29, 0.717) is 0 Å². The van der Waals surface area contributed by atoms with Crippen molar-refractivity contribution in [1.29, 1.82) is 0 Å². The van der Waals surface area contributed by atoms with Gasteiger partial charge in [0.25, 0.3) is 0 Å². The van der Waals surface area contributed by atoms with Crippen LogP contribution in [0.15, 0.2) is 84.9 Å². The summed E-state index contributed by atoms with van der Waals surface area (Å²) >= 11 is 0. The van der Waals surface area contributed by atoms with E-state index >= 15 is 0 Å². The summed E-state index contributed by atoms with van der Waals surface area (Å²) in [5.41, 5.74) is 6.08. The lowest BCUT2D eigenvalue weighted by atomic mass is 9.77. The molecule has 4 aromatic carbocycles. The zero-order chi connectivity index (χ0) is 26.0. The number of ether oxygens (including phenoxy) is 2. The Kier molecular flexibility index (Phi) is 7.09. The predicted octanol–water partition coefficient (Wildman–Crippen LogP) is 5.75. The van der Waals surface area contributed by atoms with Gasteiger partial charge in [0.2, 0.25) is 0 Å². The molecule has 1 unspecified atom stereocenters. The van der Waals surface area contributed by atoms with Gasteiger partial charge in [0.15, 0.2) is 0 Å². The first-order valence-electron chi connectivity index (χ1n) is 12.9. The molecule has 0 spiro atoms. The Labute approximate surface area is 220 Å². The molecule has 1 fully saturated rings. The SMILES string of the molecule is COC(c1ccc(N(C)C)cc1)(c1cccc(N(C)C)c1)c1ccc(N2CCOCC2)c2ccccc12. The lowest BCUT2D eigenvalue weighted by Crippen LogP contribution is -2.36. The molecule has 192 valence electrons. The third kappa shape index (κ3) is 4.54. The molecule has 0 aliphatic carbocycles. The minimum Gasteiger partial charge on any atom is -0.378 e. The summed E-state index contributed by atoms with van der Waals surface area (Å²) in [5, 5.41) is 2.43. The Morgan fingerprint density at radius 2 is 1.38 bits per heavy atom. The highest BCUT2D eigenvalue weighted by Crippen LogP contribution is 2.45. The van der Waals surface area contributed by atoms with Crippen LogP contribution in [0.5, 0.6) is 0 Å². The molecule has 37 heavy (non-hydrogen) atoms. The Hall–Kier alpha value is -3.54. The Morgan fingerprint density at radius 1 is 0.703 bits per heavy atom. The Bertz CT molecular complexity index is 1360. The topological polar surface area (TPSA) is 28.2 Å². The lowest BCUT2D eigenvalue weighted by molar-refractivity contribution is 0.0598. The molecule has 5 nitrogen and oxygen atoms in total. The van der Waals surface area contributed by atoms with Gasteiger partial charge < -0.3 is 24.2 Å². The maximum Gasteiger partial charge on any atom is 0.144 e. The first kappa shape index (κ1) is 25.1. The van der Waals surface area contributed by atoms with E-state index in [4.69, 9.17) is 9.47 Å². The Balaban J connectivity index is 1.79. The van der Waals surface area contributed by atoms with Crippen molar-refractivity contribution in [3.8, 4) is 0 Å². The molecule has 0 radical (unpaired) electrons. The first-order valence-corrected chi connectivity index (χ1v) is 12.9. The molecule has 1 atom stereocenters. The van der Waals surface area contributed by atoms with Crippen LogP contribution in [0.1, 0.15) is 16.7 Å². The first-order chi connectivity index (χ1) is 18.0. The van der Waals surface area contributed by atoms with Crippen molar-refractivity contribution in [3.05, 3.63) is 102 Å². The van der Waals surface area contributed by atoms with Gasteiger partial charge in [0.05, 0.1) is 13.2 Å². The van der Waals surface area contributed by atoms with E-state index < -0.39 is 5.60 Å². The molecule has 0 amide bonds. The number of hydrogen-bond acceptors (Lipinski definition) is 5. The van der Waals surface area contributed by atoms with E-state index in [0.717, 1.165) is 54.4 Å². The summed E-state index contributed by atoms with van der Waals surface area (Å²) in [6.07, 6.45) is 0. The van der Waals surface area contributed by atoms with E-state index in [1.165, 1.54) is 16.5 Å². The van der Waals surface area contributed by atoms with Crippen LogP contribution in [0, 0.1) is 0 Å². The molecule has 1 heterocycles. The third-order valence-corrected chi connectivity index (χ3v) is 7.50. The second-order valence-electron chi connectivity index (χ2n) is 10.0. The summed E-state index contributed by atoms with van der Waals surface area (Å²) in [5.74, 6) is 0. The van der Waals surface area contributed by atoms with Gasteiger partial charge in [-0.15, -0.1) is 0 Å². The number of methoxy groups -OCH3 is 1. The third-order valence-electron chi connectivity index (χ3n) is 7.50. The fourth-order valence-corrected chi connectivity index (χ4v) is 5.49. The second kappa shape index (κ2) is 10.4. The van der Waals surface area contributed by atoms with Gasteiger partial charge in [-0.3, -0.25) is 0 Å². The van der Waals surface area contributed by atoms with Crippen LogP contribution < -0.4 is 14.7 Å². The monoisotopic (exact) mass is 495 g/mol. The molecule has 5 rings (SSSR count). The molecule has 0 aromatic heterocycles. The van der Waals surface area contributed by atoms with Crippen molar-refractivity contribution in [2.45, 2.75) is 5.60 Å². The average Bonchev–Trinajstić information content (AvgIpc) is 2.94. The molecular weight excluding hydrogens is 458 g/mol. The van der Waals surface area contributed by atoms with Gasteiger partial charge in [-0.25, -0.2) is 0 Å². The van der Waals surface area contributed by atoms with Crippen molar-refractivity contribution in [3.63, 3.8) is 0 Å². The molecule has 1 saturated heterocycles. The predicted molar refractivity (Wildman–Crippen MR) is 155 cm³/mol. The van der Waals surface area contributed by atoms with Crippen LogP contribution in [-0.2, 0) is 15.1 Å². The summed E-state index contributed by atoms with van der Waals surface area (Å²) in [7, 11) is 10.1. The number of morpholine rings is 1. The summed E-state index contributed by atoms with van der Waals surface area (Å²) in [4.78, 5) is 6.69. The smallest absolute Gasteiger partial charge is 0.144 e. The summed E-state index contributed by atoms with van der Waals surface area (Å²) in [6.45, 7) is 3.31. The quantitative estimate of drug-likeness (QED) is 0.305. The van der Waals surface area contributed by atoms with Crippen molar-refractivity contribution in [2.75, 3.05) is 76.3 Å². The largest absolute Gasteiger partial charge is 0.378 e. The number of anilines is 3. The highest BCUT2D eigenvalue weighted by Gasteiger charge is 2.38. The molecule has 4 aromatic rings. The minimum absolute atomic E-state index is 0.758. The summed E-state index contributed by atoms with van der Waals surface area (Å²) < 4.78 is 12.3. The highest BCUT2D eigenvalue weighted by molar-refractivity contribution is 5.97. The Morgan fingerprint density at radius 3 is 2.03 bits per heavy atom. The van der Waals surface area contributed by atoms with Crippen LogP contribution in [0.25, 0.3) is 10.8 Å². The van der Waals surface area contributed by atoms with E-state index in [2.05, 4.69) is 128 Å². The van der Waals surface area contributed by atoms with E-state index in [1.54, 1.807) is 0 Å². The maximum atomic E-state index is 6.66. The summed E-state index contributed by atoms with van der Waals surface area (Å²) in [6, 6.07) is 30.7. The van der Waals surface area contributed by atoms with Crippen LogP contribution in [0.2, 0.25) is 0 Å². The van der Waals surface area contributed by atoms with E-state index in [-0.39, 0.29) is 0 Å². The van der Waals surface area contributed by atoms with Gasteiger partial charge in [-0.1, -0.05) is 54.6 Å². The van der Waals surface area contributed by atoms with E-state index in [1.807, 2.05) is 7.11 Å². The zero-order valence-electron chi connectivity index (χ0n) is 22.6. The molecule has 5 heteroatoms. The maximum absolute atomic E-state index is 6.66. The van der Waals surface area contributed by atoms with Crippen molar-refractivity contribution >= 4 is 27.8 Å². The van der Waals surface area contributed by atoms with E-state index in [9.17, 15) is 0 Å². The van der Waals surface area contributed by atoms with Crippen molar-refractivity contribution < 1.29 is 9.47 Å². The standard InChI is InChI=1S/C32H37N3O2/c1-33(2)26-15-13-24(14-16-26)32(36-5,25-9-8-10-27(23-25)34(3)4)30-17-18-31(35-19-21-37-22-20-35)29-12-7-6-11-28(29)30/h6-18,23H,19-22H2,1-5H3. The van der Waals surface area contributed by atoms with Crippen LogP contribution >= 0.6 is 0 Å². The average molecular weight is 496 g/mol. The van der Waals surface area contributed by atoms with Crippen LogP contribution in [0.3, 0.4) is 0 Å². The molecule has 0 N–H and O–H groups in total. The molecule has 1 aliphatic heterocycles. The van der Waals surface area contributed by atoms with Gasteiger partial charge in [-0.05, 0) is 46.8 Å². The zero-order valence-corrected chi connectivity index (χ0v) is 22.6. The second-order valence-corrected chi connectivity index (χ2v) is 10.0. The molecule has 1 aliphatic rings. The number of rotatable bonds is 7. The van der Waals surface area contributed by atoms with Crippen molar-refractivity contribution in [2.24, 2.45) is 0 Å². The minimum atomic E-state index is -0.792.